The molecule has 51 heavy (non-hydrogen) atoms. The van der Waals surface area contributed by atoms with Crippen LogP contribution in [0, 0.1) is 0 Å². The van der Waals surface area contributed by atoms with E-state index in [2.05, 4.69) is 180 Å². The highest BCUT2D eigenvalue weighted by Gasteiger charge is 2.18. The van der Waals surface area contributed by atoms with Crippen molar-refractivity contribution in [3.05, 3.63) is 176 Å². The third-order valence-corrected chi connectivity index (χ3v) is 12.8. The van der Waals surface area contributed by atoms with Crippen LogP contribution in [0.15, 0.2) is 176 Å². The first-order chi connectivity index (χ1) is 25.3. The molecule has 0 spiro atoms. The van der Waals surface area contributed by atoms with Crippen LogP contribution in [0.4, 0.5) is 0 Å². The summed E-state index contributed by atoms with van der Waals surface area (Å²) < 4.78 is 7.79. The van der Waals surface area contributed by atoms with Crippen LogP contribution in [-0.2, 0) is 0 Å². The largest absolute Gasteiger partial charge is 0.309 e. The molecule has 0 N–H and O–H groups in total. The van der Waals surface area contributed by atoms with Gasteiger partial charge in [-0.2, -0.15) is 0 Å². The number of aromatic nitrogens is 1. The fourth-order valence-corrected chi connectivity index (χ4v) is 10.3. The molecule has 0 saturated heterocycles. The summed E-state index contributed by atoms with van der Waals surface area (Å²) in [6, 6.07) is 65.0. The summed E-state index contributed by atoms with van der Waals surface area (Å²) in [6.45, 7) is 0. The second kappa shape index (κ2) is 11.3. The van der Waals surface area contributed by atoms with Gasteiger partial charge in [-0.15, -0.1) is 22.7 Å². The minimum atomic E-state index is 1.17. The standard InChI is InChI=1S/C48H29NS2/c1-2-11-30(12-3-1)31-13-10-14-34(25-31)40-28-35(29-42-39-17-6-9-20-46(39)51-48(40)42)49-43-18-7-4-15-36(43)37-23-21-33(27-44(37)49)32-22-24-47-41(26-32)38-16-5-8-19-45(38)50-47/h1-29H. The van der Waals surface area contributed by atoms with E-state index >= 15 is 0 Å². The molecule has 0 unspecified atom stereocenters. The van der Waals surface area contributed by atoms with Crippen molar-refractivity contribution >= 4 is 84.8 Å². The molecule has 0 amide bonds. The normalized spacial score (nSPS) is 11.9. The first kappa shape index (κ1) is 28.8. The van der Waals surface area contributed by atoms with E-state index in [1.54, 1.807) is 0 Å². The number of hydrogen-bond donors (Lipinski definition) is 0. The topological polar surface area (TPSA) is 4.93 Å². The van der Waals surface area contributed by atoms with Gasteiger partial charge in [0.1, 0.15) is 0 Å². The Kier molecular flexibility index (Phi) is 6.36. The number of hydrogen-bond acceptors (Lipinski definition) is 2. The van der Waals surface area contributed by atoms with Crippen LogP contribution in [0.3, 0.4) is 0 Å². The molecular weight excluding hydrogens is 655 g/mol. The summed E-state index contributed by atoms with van der Waals surface area (Å²) in [6.07, 6.45) is 0. The van der Waals surface area contributed by atoms with Crippen molar-refractivity contribution in [1.82, 2.24) is 4.57 Å². The SMILES string of the molecule is c1ccc(-c2cccc(-c3cc(-n4c5ccccc5c5ccc(-c6ccc7sc8ccccc8c7c6)cc54)cc4c3sc3ccccc34)c2)cc1. The van der Waals surface area contributed by atoms with Gasteiger partial charge in [0.15, 0.2) is 0 Å². The summed E-state index contributed by atoms with van der Waals surface area (Å²) in [7, 11) is 0. The minimum Gasteiger partial charge on any atom is -0.309 e. The van der Waals surface area contributed by atoms with Crippen molar-refractivity contribution in [1.29, 1.82) is 0 Å². The molecule has 3 heteroatoms. The predicted molar refractivity (Wildman–Crippen MR) is 223 cm³/mol. The molecular formula is C48H29NS2. The van der Waals surface area contributed by atoms with Crippen LogP contribution >= 0.6 is 22.7 Å². The van der Waals surface area contributed by atoms with Crippen LogP contribution in [0.5, 0.6) is 0 Å². The maximum absolute atomic E-state index is 2.49. The fourth-order valence-electron chi connectivity index (χ4n) is 7.99. The summed E-state index contributed by atoms with van der Waals surface area (Å²) in [5, 5.41) is 7.78. The first-order valence-electron chi connectivity index (χ1n) is 17.3. The Morgan fingerprint density at radius 3 is 1.78 bits per heavy atom. The van der Waals surface area contributed by atoms with E-state index in [0.29, 0.717) is 0 Å². The molecule has 8 aromatic carbocycles. The Labute approximate surface area is 302 Å². The molecule has 11 rings (SSSR count). The number of fused-ring (bicyclic) bond motifs is 9. The molecule has 0 fully saturated rings. The Hall–Kier alpha value is -6.00. The Morgan fingerprint density at radius 1 is 0.314 bits per heavy atom. The second-order valence-corrected chi connectivity index (χ2v) is 15.4. The second-order valence-electron chi connectivity index (χ2n) is 13.3. The van der Waals surface area contributed by atoms with Gasteiger partial charge in [0.05, 0.1) is 11.0 Å². The van der Waals surface area contributed by atoms with Gasteiger partial charge < -0.3 is 4.57 Å². The smallest absolute Gasteiger partial charge is 0.0547 e. The van der Waals surface area contributed by atoms with Gasteiger partial charge in [-0.3, -0.25) is 0 Å². The molecule has 238 valence electrons. The molecule has 3 aromatic heterocycles. The number of thiophene rings is 2. The molecule has 0 atom stereocenters. The van der Waals surface area contributed by atoms with Gasteiger partial charge in [0.25, 0.3) is 0 Å². The molecule has 0 radical (unpaired) electrons. The van der Waals surface area contributed by atoms with Gasteiger partial charge in [-0.25, -0.2) is 0 Å². The van der Waals surface area contributed by atoms with E-state index in [9.17, 15) is 0 Å². The molecule has 11 aromatic rings. The average molecular weight is 684 g/mol. The van der Waals surface area contributed by atoms with Gasteiger partial charge in [-0.05, 0) is 82.4 Å². The Bertz CT molecular complexity index is 3140. The molecule has 0 bridgehead atoms. The lowest BCUT2D eigenvalue weighted by molar-refractivity contribution is 1.19. The van der Waals surface area contributed by atoms with E-state index in [4.69, 9.17) is 0 Å². The highest BCUT2D eigenvalue weighted by molar-refractivity contribution is 7.26. The summed E-state index contributed by atoms with van der Waals surface area (Å²) in [5.74, 6) is 0. The van der Waals surface area contributed by atoms with Crippen LogP contribution in [0.1, 0.15) is 0 Å². The van der Waals surface area contributed by atoms with E-state index in [0.717, 1.165) is 0 Å². The van der Waals surface area contributed by atoms with Crippen molar-refractivity contribution in [3.63, 3.8) is 0 Å². The molecule has 0 aliphatic heterocycles. The maximum atomic E-state index is 2.49. The number of rotatable bonds is 4. The zero-order valence-electron chi connectivity index (χ0n) is 27.5. The summed E-state index contributed by atoms with van der Waals surface area (Å²) >= 11 is 3.76. The lowest BCUT2D eigenvalue weighted by Crippen LogP contribution is -1.95. The van der Waals surface area contributed by atoms with Crippen molar-refractivity contribution < 1.29 is 0 Å². The Morgan fingerprint density at radius 2 is 0.922 bits per heavy atom. The fraction of sp³-hybridized carbons (Fsp3) is 0. The summed E-state index contributed by atoms with van der Waals surface area (Å²) in [4.78, 5) is 0. The zero-order chi connectivity index (χ0) is 33.5. The number of para-hydroxylation sites is 1. The maximum Gasteiger partial charge on any atom is 0.0547 e. The quantitative estimate of drug-likeness (QED) is 0.174. The number of nitrogens with zero attached hydrogens (tertiary/aromatic N) is 1. The van der Waals surface area contributed by atoms with Crippen molar-refractivity contribution in [3.8, 4) is 39.1 Å². The molecule has 1 nitrogen and oxygen atoms in total. The number of benzene rings is 8. The van der Waals surface area contributed by atoms with Crippen LogP contribution in [-0.4, -0.2) is 4.57 Å². The van der Waals surface area contributed by atoms with Crippen LogP contribution < -0.4 is 0 Å². The lowest BCUT2D eigenvalue weighted by Gasteiger charge is -2.14. The average Bonchev–Trinajstić information content (AvgIpc) is 3.87. The van der Waals surface area contributed by atoms with Crippen molar-refractivity contribution in [2.75, 3.05) is 0 Å². The lowest BCUT2D eigenvalue weighted by atomic mass is 9.97. The third-order valence-electron chi connectivity index (χ3n) is 10.4. The Balaban J connectivity index is 1.18. The van der Waals surface area contributed by atoms with Crippen LogP contribution in [0.25, 0.3) is 101 Å². The molecule has 0 aliphatic carbocycles. The highest BCUT2D eigenvalue weighted by Crippen LogP contribution is 2.44. The van der Waals surface area contributed by atoms with Gasteiger partial charge in [-0.1, -0.05) is 121 Å². The first-order valence-corrected chi connectivity index (χ1v) is 19.0. The van der Waals surface area contributed by atoms with Crippen LogP contribution in [0.2, 0.25) is 0 Å². The van der Waals surface area contributed by atoms with Crippen molar-refractivity contribution in [2.45, 2.75) is 0 Å². The van der Waals surface area contributed by atoms with E-state index in [1.165, 1.54) is 101 Å². The van der Waals surface area contributed by atoms with E-state index < -0.39 is 0 Å². The van der Waals surface area contributed by atoms with Gasteiger partial charge in [0.2, 0.25) is 0 Å². The zero-order valence-corrected chi connectivity index (χ0v) is 29.1. The highest BCUT2D eigenvalue weighted by atomic mass is 32.1. The minimum absolute atomic E-state index is 1.17. The van der Waals surface area contributed by atoms with Gasteiger partial charge >= 0.3 is 0 Å². The van der Waals surface area contributed by atoms with Crippen molar-refractivity contribution in [2.24, 2.45) is 0 Å². The molecule has 0 saturated carbocycles. The summed E-state index contributed by atoms with van der Waals surface area (Å²) in [5.41, 5.74) is 11.0. The molecule has 3 heterocycles. The van der Waals surface area contributed by atoms with Gasteiger partial charge in [0, 0.05) is 62.4 Å². The monoisotopic (exact) mass is 683 g/mol. The molecule has 0 aliphatic rings. The third kappa shape index (κ3) is 4.52. The predicted octanol–water partition coefficient (Wildman–Crippen LogP) is 14.5. The van der Waals surface area contributed by atoms with E-state index in [-0.39, 0.29) is 0 Å². The van der Waals surface area contributed by atoms with E-state index in [1.807, 2.05) is 22.7 Å².